The van der Waals surface area contributed by atoms with Crippen LogP contribution in [0, 0.1) is 13.8 Å². The molecule has 0 aliphatic heterocycles. The highest BCUT2D eigenvalue weighted by molar-refractivity contribution is 5.77. The number of esters is 1. The highest BCUT2D eigenvalue weighted by Crippen LogP contribution is 2.30. The summed E-state index contributed by atoms with van der Waals surface area (Å²) in [5.41, 5.74) is 4.08. The van der Waals surface area contributed by atoms with Gasteiger partial charge in [-0.15, -0.1) is 0 Å². The molecule has 1 aliphatic carbocycles. The standard InChI is InChI=1S/C20H27NO3/c1-13-10-17(22)11-14(2)18(13)15(3)19(21-4)20(23)24-12-16-8-6-5-7-9-16/h6,8-11,15,19,21-22H,5,7,12H2,1-4H3. The molecule has 0 saturated carbocycles. The first-order chi connectivity index (χ1) is 11.4. The van der Waals surface area contributed by atoms with E-state index in [1.807, 2.05) is 26.8 Å². The molecule has 0 fully saturated rings. The monoisotopic (exact) mass is 329 g/mol. The largest absolute Gasteiger partial charge is 0.508 e. The van der Waals surface area contributed by atoms with E-state index < -0.39 is 6.04 Å². The molecule has 2 unspecified atom stereocenters. The number of allylic oxidation sites excluding steroid dienone is 2. The third-order valence-corrected chi connectivity index (χ3v) is 4.55. The van der Waals surface area contributed by atoms with Crippen molar-refractivity contribution in [3.05, 3.63) is 52.6 Å². The van der Waals surface area contributed by atoms with Gasteiger partial charge in [0.25, 0.3) is 0 Å². The first kappa shape index (κ1) is 18.3. The van der Waals surface area contributed by atoms with Gasteiger partial charge in [0.05, 0.1) is 0 Å². The van der Waals surface area contributed by atoms with Crippen LogP contribution in [0.4, 0.5) is 0 Å². The third-order valence-electron chi connectivity index (χ3n) is 4.55. The van der Waals surface area contributed by atoms with Crippen molar-refractivity contribution in [1.82, 2.24) is 5.32 Å². The molecule has 130 valence electrons. The highest BCUT2D eigenvalue weighted by Gasteiger charge is 2.28. The summed E-state index contributed by atoms with van der Waals surface area (Å²) in [5.74, 6) is -0.0590. The van der Waals surface area contributed by atoms with Gasteiger partial charge in [-0.2, -0.15) is 0 Å². The summed E-state index contributed by atoms with van der Waals surface area (Å²) in [4.78, 5) is 12.5. The van der Waals surface area contributed by atoms with Gasteiger partial charge in [-0.05, 0) is 68.1 Å². The van der Waals surface area contributed by atoms with Crippen molar-refractivity contribution in [2.45, 2.75) is 45.6 Å². The number of carbonyl (C=O) groups excluding carboxylic acids is 1. The fourth-order valence-corrected chi connectivity index (χ4v) is 3.43. The molecule has 0 bridgehead atoms. The SMILES string of the molecule is CNC(C(=O)OCC1=CCCC=C1)C(C)c1c(C)cc(O)cc1C. The minimum atomic E-state index is -0.430. The van der Waals surface area contributed by atoms with E-state index in [0.29, 0.717) is 6.61 Å². The molecule has 24 heavy (non-hydrogen) atoms. The molecule has 1 aliphatic rings. The van der Waals surface area contributed by atoms with Crippen LogP contribution in [0.15, 0.2) is 35.9 Å². The zero-order chi connectivity index (χ0) is 17.7. The third kappa shape index (κ3) is 4.26. The Balaban J connectivity index is 2.10. The summed E-state index contributed by atoms with van der Waals surface area (Å²) in [7, 11) is 1.77. The molecule has 0 aromatic heterocycles. The quantitative estimate of drug-likeness (QED) is 0.784. The number of aromatic hydroxyl groups is 1. The summed E-state index contributed by atoms with van der Waals surface area (Å²) in [6.45, 7) is 6.23. The first-order valence-corrected chi connectivity index (χ1v) is 8.43. The molecule has 2 rings (SSSR count). The van der Waals surface area contributed by atoms with E-state index in [4.69, 9.17) is 4.74 Å². The predicted octanol–water partition coefficient (Wildman–Crippen LogP) is 3.52. The second-order valence-corrected chi connectivity index (χ2v) is 6.41. The maximum absolute atomic E-state index is 12.5. The van der Waals surface area contributed by atoms with E-state index in [9.17, 15) is 9.90 Å². The van der Waals surface area contributed by atoms with Crippen molar-refractivity contribution in [3.63, 3.8) is 0 Å². The zero-order valence-corrected chi connectivity index (χ0v) is 14.9. The second kappa shape index (κ2) is 8.15. The Morgan fingerprint density at radius 2 is 1.96 bits per heavy atom. The number of benzene rings is 1. The minimum absolute atomic E-state index is 0.0565. The molecule has 0 amide bonds. The van der Waals surface area contributed by atoms with Crippen LogP contribution >= 0.6 is 0 Å². The lowest BCUT2D eigenvalue weighted by atomic mass is 9.86. The van der Waals surface area contributed by atoms with Gasteiger partial charge in [-0.3, -0.25) is 4.79 Å². The maximum Gasteiger partial charge on any atom is 0.324 e. The summed E-state index contributed by atoms with van der Waals surface area (Å²) < 4.78 is 5.51. The van der Waals surface area contributed by atoms with Gasteiger partial charge in [0.15, 0.2) is 0 Å². The van der Waals surface area contributed by atoms with Crippen molar-refractivity contribution in [1.29, 1.82) is 0 Å². The molecule has 0 spiro atoms. The second-order valence-electron chi connectivity index (χ2n) is 6.41. The Bertz CT molecular complexity index is 638. The molecule has 2 N–H and O–H groups in total. The summed E-state index contributed by atoms with van der Waals surface area (Å²) >= 11 is 0. The molecular weight excluding hydrogens is 302 g/mol. The van der Waals surface area contributed by atoms with Crippen LogP contribution in [0.25, 0.3) is 0 Å². The zero-order valence-electron chi connectivity index (χ0n) is 14.9. The Labute approximate surface area is 144 Å². The summed E-state index contributed by atoms with van der Waals surface area (Å²) in [6, 6.07) is 3.03. The lowest BCUT2D eigenvalue weighted by Gasteiger charge is -2.25. The number of hydrogen-bond donors (Lipinski definition) is 2. The minimum Gasteiger partial charge on any atom is -0.508 e. The fourth-order valence-electron chi connectivity index (χ4n) is 3.43. The van der Waals surface area contributed by atoms with E-state index in [2.05, 4.69) is 17.5 Å². The van der Waals surface area contributed by atoms with Crippen molar-refractivity contribution in [3.8, 4) is 5.75 Å². The number of aryl methyl sites for hydroxylation is 2. The van der Waals surface area contributed by atoms with Crippen LogP contribution in [0.3, 0.4) is 0 Å². The average molecular weight is 329 g/mol. The normalized spacial score (nSPS) is 16.4. The molecule has 0 heterocycles. The average Bonchev–Trinajstić information content (AvgIpc) is 2.53. The number of ether oxygens (including phenoxy) is 1. The number of rotatable bonds is 6. The van der Waals surface area contributed by atoms with Gasteiger partial charge >= 0.3 is 5.97 Å². The maximum atomic E-state index is 12.5. The van der Waals surface area contributed by atoms with Gasteiger partial charge in [-0.25, -0.2) is 0 Å². The van der Waals surface area contributed by atoms with Crippen molar-refractivity contribution in [2.24, 2.45) is 0 Å². The number of phenolic OH excluding ortho intramolecular Hbond substituents is 1. The molecule has 0 saturated heterocycles. The van der Waals surface area contributed by atoms with Crippen LogP contribution in [0.1, 0.15) is 42.4 Å². The summed E-state index contributed by atoms with van der Waals surface area (Å²) in [5, 5.41) is 12.8. The van der Waals surface area contributed by atoms with Crippen molar-refractivity contribution >= 4 is 5.97 Å². The Hall–Kier alpha value is -2.07. The van der Waals surface area contributed by atoms with E-state index >= 15 is 0 Å². The Morgan fingerprint density at radius 3 is 2.50 bits per heavy atom. The number of phenols is 1. The Morgan fingerprint density at radius 1 is 1.29 bits per heavy atom. The number of likely N-dealkylation sites (N-methyl/N-ethyl adjacent to an activating group) is 1. The number of carbonyl (C=O) groups is 1. The van der Waals surface area contributed by atoms with Crippen LogP contribution < -0.4 is 5.32 Å². The van der Waals surface area contributed by atoms with E-state index in [-0.39, 0.29) is 17.6 Å². The van der Waals surface area contributed by atoms with Crippen molar-refractivity contribution < 1.29 is 14.6 Å². The number of hydrogen-bond acceptors (Lipinski definition) is 4. The lowest BCUT2D eigenvalue weighted by Crippen LogP contribution is -2.40. The van der Waals surface area contributed by atoms with Gasteiger partial charge < -0.3 is 15.2 Å². The molecule has 4 nitrogen and oxygen atoms in total. The van der Waals surface area contributed by atoms with Crippen LogP contribution in [-0.4, -0.2) is 30.8 Å². The molecule has 0 radical (unpaired) electrons. The molecule has 4 heteroatoms. The van der Waals surface area contributed by atoms with Gasteiger partial charge in [0.1, 0.15) is 18.4 Å². The van der Waals surface area contributed by atoms with Crippen molar-refractivity contribution in [2.75, 3.05) is 13.7 Å². The summed E-state index contributed by atoms with van der Waals surface area (Å²) in [6.07, 6.45) is 8.28. The first-order valence-electron chi connectivity index (χ1n) is 8.43. The van der Waals surface area contributed by atoms with E-state index in [1.54, 1.807) is 19.2 Å². The molecule has 2 atom stereocenters. The Kier molecular flexibility index (Phi) is 6.21. The molecule has 1 aromatic carbocycles. The van der Waals surface area contributed by atoms with Crippen LogP contribution in [0.2, 0.25) is 0 Å². The lowest BCUT2D eigenvalue weighted by molar-refractivity contribution is -0.145. The van der Waals surface area contributed by atoms with E-state index in [1.165, 1.54) is 0 Å². The molecular formula is C20H27NO3. The van der Waals surface area contributed by atoms with Crippen LogP contribution in [0.5, 0.6) is 5.75 Å². The van der Waals surface area contributed by atoms with Gasteiger partial charge in [-0.1, -0.05) is 25.2 Å². The highest BCUT2D eigenvalue weighted by atomic mass is 16.5. The molecule has 1 aromatic rings. The topological polar surface area (TPSA) is 58.6 Å². The smallest absolute Gasteiger partial charge is 0.324 e. The predicted molar refractivity (Wildman–Crippen MR) is 96.3 cm³/mol. The number of nitrogens with one attached hydrogen (secondary N) is 1. The fraction of sp³-hybridized carbons (Fsp3) is 0.450. The van der Waals surface area contributed by atoms with E-state index in [0.717, 1.165) is 35.1 Å². The van der Waals surface area contributed by atoms with Gasteiger partial charge in [0.2, 0.25) is 0 Å². The van der Waals surface area contributed by atoms with Gasteiger partial charge in [0, 0.05) is 5.92 Å². The van der Waals surface area contributed by atoms with Crippen LogP contribution in [-0.2, 0) is 9.53 Å².